The Morgan fingerprint density at radius 2 is 1.91 bits per heavy atom. The number of amides is 1. The fourth-order valence-corrected chi connectivity index (χ4v) is 2.35. The minimum Gasteiger partial charge on any atom is -0.494 e. The van der Waals surface area contributed by atoms with Gasteiger partial charge in [0.15, 0.2) is 5.82 Å². The van der Waals surface area contributed by atoms with E-state index in [0.29, 0.717) is 12.4 Å². The van der Waals surface area contributed by atoms with Gasteiger partial charge in [0.1, 0.15) is 5.75 Å². The van der Waals surface area contributed by atoms with E-state index >= 15 is 0 Å². The number of aromatic nitrogens is 2. The first kappa shape index (κ1) is 15.0. The number of nitrogens with zero attached hydrogens (tertiary/aromatic N) is 2. The van der Waals surface area contributed by atoms with Gasteiger partial charge in [0, 0.05) is 10.8 Å². The molecule has 1 aromatic heterocycles. The zero-order valence-corrected chi connectivity index (χ0v) is 12.8. The van der Waals surface area contributed by atoms with Crippen LogP contribution in [0.4, 0.5) is 5.82 Å². The molecule has 0 saturated heterocycles. The lowest BCUT2D eigenvalue weighted by Gasteiger charge is -2.07. The van der Waals surface area contributed by atoms with E-state index in [9.17, 15) is 4.79 Å². The van der Waals surface area contributed by atoms with E-state index in [0.717, 1.165) is 22.1 Å². The standard InChI is InChI=1S/C18H17N3O2/c1-2-23-15-9-7-13(8-10-15)11-17(22)20-18-16-6-4-3-5-14(16)12-19-21-18/h3-10,12H,2,11H2,1H3,(H,20,21,22). The van der Waals surface area contributed by atoms with Crippen LogP contribution in [0.5, 0.6) is 5.75 Å². The molecule has 3 aromatic rings. The summed E-state index contributed by atoms with van der Waals surface area (Å²) in [6.45, 7) is 2.56. The molecule has 0 aliphatic heterocycles. The lowest BCUT2D eigenvalue weighted by molar-refractivity contribution is -0.115. The van der Waals surface area contributed by atoms with Crippen molar-refractivity contribution in [1.82, 2.24) is 10.2 Å². The Morgan fingerprint density at radius 1 is 1.13 bits per heavy atom. The van der Waals surface area contributed by atoms with Gasteiger partial charge < -0.3 is 10.1 Å². The average molecular weight is 307 g/mol. The fourth-order valence-electron chi connectivity index (χ4n) is 2.35. The van der Waals surface area contributed by atoms with Crippen LogP contribution in [-0.2, 0) is 11.2 Å². The number of ether oxygens (including phenoxy) is 1. The first-order valence-corrected chi connectivity index (χ1v) is 7.48. The molecule has 0 fully saturated rings. The van der Waals surface area contributed by atoms with Gasteiger partial charge in [-0.05, 0) is 24.6 Å². The van der Waals surface area contributed by atoms with Crippen molar-refractivity contribution in [3.05, 3.63) is 60.3 Å². The Labute approximate surface area is 134 Å². The lowest BCUT2D eigenvalue weighted by Crippen LogP contribution is -2.16. The van der Waals surface area contributed by atoms with E-state index in [1.165, 1.54) is 0 Å². The molecule has 2 aromatic carbocycles. The van der Waals surface area contributed by atoms with Crippen molar-refractivity contribution in [3.63, 3.8) is 0 Å². The number of benzene rings is 2. The van der Waals surface area contributed by atoms with Crippen LogP contribution in [0, 0.1) is 0 Å². The maximum Gasteiger partial charge on any atom is 0.230 e. The number of nitrogens with one attached hydrogen (secondary N) is 1. The van der Waals surface area contributed by atoms with Gasteiger partial charge >= 0.3 is 0 Å². The number of anilines is 1. The minimum atomic E-state index is -0.125. The molecule has 0 spiro atoms. The van der Waals surface area contributed by atoms with Crippen LogP contribution in [0.25, 0.3) is 10.8 Å². The van der Waals surface area contributed by atoms with Crippen molar-refractivity contribution in [2.45, 2.75) is 13.3 Å². The van der Waals surface area contributed by atoms with Crippen molar-refractivity contribution in [2.75, 3.05) is 11.9 Å². The summed E-state index contributed by atoms with van der Waals surface area (Å²) >= 11 is 0. The van der Waals surface area contributed by atoms with Gasteiger partial charge in [-0.3, -0.25) is 4.79 Å². The average Bonchev–Trinajstić information content (AvgIpc) is 2.57. The monoisotopic (exact) mass is 307 g/mol. The summed E-state index contributed by atoms with van der Waals surface area (Å²) in [5.74, 6) is 1.16. The Morgan fingerprint density at radius 3 is 2.70 bits per heavy atom. The van der Waals surface area contributed by atoms with Crippen LogP contribution in [0.2, 0.25) is 0 Å². The van der Waals surface area contributed by atoms with E-state index in [4.69, 9.17) is 4.74 Å². The first-order chi connectivity index (χ1) is 11.3. The zero-order valence-electron chi connectivity index (χ0n) is 12.8. The molecule has 0 bridgehead atoms. The van der Waals surface area contributed by atoms with E-state index in [1.54, 1.807) is 6.20 Å². The SMILES string of the molecule is CCOc1ccc(CC(=O)Nc2nncc3ccccc23)cc1. The van der Waals surface area contributed by atoms with Crippen LogP contribution in [0.1, 0.15) is 12.5 Å². The summed E-state index contributed by atoms with van der Waals surface area (Å²) in [5.41, 5.74) is 0.916. The zero-order chi connectivity index (χ0) is 16.1. The molecule has 1 N–H and O–H groups in total. The van der Waals surface area contributed by atoms with Crippen molar-refractivity contribution in [1.29, 1.82) is 0 Å². The molecular formula is C18H17N3O2. The number of hydrogen-bond acceptors (Lipinski definition) is 4. The molecule has 23 heavy (non-hydrogen) atoms. The number of fused-ring (bicyclic) bond motifs is 1. The molecular weight excluding hydrogens is 290 g/mol. The predicted molar refractivity (Wildman–Crippen MR) is 89.5 cm³/mol. The highest BCUT2D eigenvalue weighted by atomic mass is 16.5. The van der Waals surface area contributed by atoms with Crippen LogP contribution < -0.4 is 10.1 Å². The second-order valence-corrected chi connectivity index (χ2v) is 5.08. The Bertz CT molecular complexity index is 811. The van der Waals surface area contributed by atoms with Gasteiger partial charge in [-0.25, -0.2) is 0 Å². The third-order valence-electron chi connectivity index (χ3n) is 3.43. The van der Waals surface area contributed by atoms with E-state index in [-0.39, 0.29) is 12.3 Å². The molecule has 1 heterocycles. The molecule has 0 aliphatic rings. The minimum absolute atomic E-state index is 0.125. The van der Waals surface area contributed by atoms with Gasteiger partial charge in [0.25, 0.3) is 0 Å². The molecule has 0 saturated carbocycles. The number of hydrogen-bond donors (Lipinski definition) is 1. The van der Waals surface area contributed by atoms with Gasteiger partial charge in [-0.2, -0.15) is 5.10 Å². The van der Waals surface area contributed by atoms with Crippen molar-refractivity contribution >= 4 is 22.5 Å². The normalized spacial score (nSPS) is 10.5. The van der Waals surface area contributed by atoms with Gasteiger partial charge in [-0.1, -0.05) is 36.4 Å². The van der Waals surface area contributed by atoms with E-state index < -0.39 is 0 Å². The third kappa shape index (κ3) is 3.63. The summed E-state index contributed by atoms with van der Waals surface area (Å²) < 4.78 is 5.39. The number of carbonyl (C=O) groups is 1. The second-order valence-electron chi connectivity index (χ2n) is 5.08. The lowest BCUT2D eigenvalue weighted by atomic mass is 10.1. The molecule has 116 valence electrons. The smallest absolute Gasteiger partial charge is 0.230 e. The quantitative estimate of drug-likeness (QED) is 0.786. The molecule has 5 nitrogen and oxygen atoms in total. The number of rotatable bonds is 5. The van der Waals surface area contributed by atoms with Gasteiger partial charge in [-0.15, -0.1) is 5.10 Å². The molecule has 0 aliphatic carbocycles. The summed E-state index contributed by atoms with van der Waals surface area (Å²) in [6.07, 6.45) is 1.95. The van der Waals surface area contributed by atoms with Gasteiger partial charge in [0.2, 0.25) is 5.91 Å². The van der Waals surface area contributed by atoms with E-state index in [1.807, 2.05) is 55.5 Å². The second kappa shape index (κ2) is 6.87. The summed E-state index contributed by atoms with van der Waals surface area (Å²) in [7, 11) is 0. The number of carbonyl (C=O) groups excluding carboxylic acids is 1. The van der Waals surface area contributed by atoms with Crippen molar-refractivity contribution < 1.29 is 9.53 Å². The summed E-state index contributed by atoms with van der Waals surface area (Å²) in [4.78, 5) is 12.2. The fraction of sp³-hybridized carbons (Fsp3) is 0.167. The van der Waals surface area contributed by atoms with Crippen LogP contribution >= 0.6 is 0 Å². The highest BCUT2D eigenvalue weighted by Gasteiger charge is 2.08. The molecule has 0 atom stereocenters. The molecule has 5 heteroatoms. The Hall–Kier alpha value is -2.95. The van der Waals surface area contributed by atoms with E-state index in [2.05, 4.69) is 15.5 Å². The molecule has 0 unspecified atom stereocenters. The van der Waals surface area contributed by atoms with Crippen molar-refractivity contribution in [3.8, 4) is 5.75 Å². The predicted octanol–water partition coefficient (Wildman–Crippen LogP) is 3.21. The maximum absolute atomic E-state index is 12.2. The third-order valence-corrected chi connectivity index (χ3v) is 3.43. The van der Waals surface area contributed by atoms with Gasteiger partial charge in [0.05, 0.1) is 19.2 Å². The highest BCUT2D eigenvalue weighted by Crippen LogP contribution is 2.19. The maximum atomic E-state index is 12.2. The largest absolute Gasteiger partial charge is 0.494 e. The summed E-state index contributed by atoms with van der Waals surface area (Å²) in [5, 5.41) is 12.6. The van der Waals surface area contributed by atoms with Crippen LogP contribution in [-0.4, -0.2) is 22.7 Å². The molecule has 3 rings (SSSR count). The first-order valence-electron chi connectivity index (χ1n) is 7.48. The molecule has 0 radical (unpaired) electrons. The Balaban J connectivity index is 1.71. The highest BCUT2D eigenvalue weighted by molar-refractivity contribution is 6.00. The van der Waals surface area contributed by atoms with Crippen LogP contribution in [0.15, 0.2) is 54.7 Å². The topological polar surface area (TPSA) is 64.1 Å². The summed E-state index contributed by atoms with van der Waals surface area (Å²) in [6, 6.07) is 15.2. The van der Waals surface area contributed by atoms with Crippen LogP contribution in [0.3, 0.4) is 0 Å². The van der Waals surface area contributed by atoms with Crippen molar-refractivity contribution in [2.24, 2.45) is 0 Å². The molecule has 1 amide bonds. The Kier molecular flexibility index (Phi) is 4.47.